The third-order valence-corrected chi connectivity index (χ3v) is 5.59. The van der Waals surface area contributed by atoms with Gasteiger partial charge in [-0.3, -0.25) is 9.59 Å². The normalized spacial score (nSPS) is 13.1. The monoisotopic (exact) mass is 387 g/mol. The lowest BCUT2D eigenvalue weighted by Gasteiger charge is -2.10. The first-order chi connectivity index (χ1) is 12.8. The number of benzene rings is 2. The highest BCUT2D eigenvalue weighted by molar-refractivity contribution is 7.90. The number of amides is 1. The summed E-state index contributed by atoms with van der Waals surface area (Å²) in [4.78, 5) is 24.0. The van der Waals surface area contributed by atoms with E-state index in [1.807, 2.05) is 18.2 Å². The van der Waals surface area contributed by atoms with Crippen LogP contribution in [0.4, 0.5) is 5.69 Å². The largest absolute Gasteiger partial charge is 0.455 e. The summed E-state index contributed by atoms with van der Waals surface area (Å²) in [5.74, 6) is -1.09. The lowest BCUT2D eigenvalue weighted by atomic mass is 10.0. The van der Waals surface area contributed by atoms with Crippen molar-refractivity contribution < 1.29 is 22.7 Å². The number of hydrogen-bond donors (Lipinski definition) is 1. The van der Waals surface area contributed by atoms with Crippen LogP contribution in [0.5, 0.6) is 0 Å². The maximum absolute atomic E-state index is 12.0. The molecule has 7 heteroatoms. The van der Waals surface area contributed by atoms with Crippen LogP contribution >= 0.6 is 0 Å². The van der Waals surface area contributed by atoms with Gasteiger partial charge in [0.05, 0.1) is 17.0 Å². The van der Waals surface area contributed by atoms with Crippen LogP contribution in [-0.4, -0.2) is 33.2 Å². The summed E-state index contributed by atoms with van der Waals surface area (Å²) in [5.41, 5.74) is 3.63. The highest BCUT2D eigenvalue weighted by Crippen LogP contribution is 2.23. The molecular formula is C20H21NO5S. The van der Waals surface area contributed by atoms with Gasteiger partial charge in [0.15, 0.2) is 16.4 Å². The van der Waals surface area contributed by atoms with E-state index in [-0.39, 0.29) is 17.0 Å². The molecule has 0 aromatic heterocycles. The van der Waals surface area contributed by atoms with Crippen LogP contribution in [0.25, 0.3) is 0 Å². The molecule has 6 nitrogen and oxygen atoms in total. The molecule has 1 aliphatic carbocycles. The van der Waals surface area contributed by atoms with Gasteiger partial charge in [0.2, 0.25) is 0 Å². The predicted octanol–water partition coefficient (Wildman–Crippen LogP) is 2.30. The van der Waals surface area contributed by atoms with Gasteiger partial charge in [-0.15, -0.1) is 0 Å². The Balaban J connectivity index is 1.54. The standard InChI is InChI=1S/C20H21NO5S/c1-27(24,25)18-8-3-2-7-17(18)21-19(22)13-26-20(23)12-14-9-10-15-5-4-6-16(15)11-14/h2-3,7-11H,4-6,12-13H2,1H3,(H,21,22). The summed E-state index contributed by atoms with van der Waals surface area (Å²) in [7, 11) is -3.48. The molecule has 0 fully saturated rings. The van der Waals surface area contributed by atoms with E-state index in [4.69, 9.17) is 4.74 Å². The Hall–Kier alpha value is -2.67. The molecule has 0 unspecified atom stereocenters. The summed E-state index contributed by atoms with van der Waals surface area (Å²) < 4.78 is 28.5. The fourth-order valence-corrected chi connectivity index (χ4v) is 4.02. The number of ether oxygens (including phenoxy) is 1. The van der Waals surface area contributed by atoms with E-state index < -0.39 is 28.3 Å². The first kappa shape index (κ1) is 19.1. The Morgan fingerprint density at radius 2 is 1.81 bits per heavy atom. The second-order valence-corrected chi connectivity index (χ2v) is 8.59. The highest BCUT2D eigenvalue weighted by Gasteiger charge is 2.16. The van der Waals surface area contributed by atoms with Gasteiger partial charge in [-0.1, -0.05) is 30.3 Å². The van der Waals surface area contributed by atoms with E-state index in [0.717, 1.165) is 31.1 Å². The molecule has 142 valence electrons. The van der Waals surface area contributed by atoms with Crippen LogP contribution in [-0.2, 0) is 43.4 Å². The summed E-state index contributed by atoms with van der Waals surface area (Å²) >= 11 is 0. The molecule has 0 atom stereocenters. The van der Waals surface area contributed by atoms with E-state index in [9.17, 15) is 18.0 Å². The molecule has 0 saturated carbocycles. The quantitative estimate of drug-likeness (QED) is 0.768. The molecule has 0 aliphatic heterocycles. The zero-order chi connectivity index (χ0) is 19.4. The minimum absolute atomic E-state index is 0.0165. The number of carbonyl (C=O) groups is 2. The molecule has 3 rings (SSSR count). The molecular weight excluding hydrogens is 366 g/mol. The van der Waals surface area contributed by atoms with Gasteiger partial charge in [0.1, 0.15) is 0 Å². The number of fused-ring (bicyclic) bond motifs is 1. The Morgan fingerprint density at radius 3 is 2.59 bits per heavy atom. The molecule has 2 aromatic rings. The highest BCUT2D eigenvalue weighted by atomic mass is 32.2. The zero-order valence-corrected chi connectivity index (χ0v) is 15.8. The lowest BCUT2D eigenvalue weighted by molar-refractivity contribution is -0.146. The van der Waals surface area contributed by atoms with Crippen molar-refractivity contribution in [2.24, 2.45) is 0 Å². The van der Waals surface area contributed by atoms with Gasteiger partial charge in [-0.2, -0.15) is 0 Å². The van der Waals surface area contributed by atoms with E-state index in [1.54, 1.807) is 12.1 Å². The topological polar surface area (TPSA) is 89.5 Å². The Labute approximate surface area is 158 Å². The van der Waals surface area contributed by atoms with Gasteiger partial charge >= 0.3 is 5.97 Å². The van der Waals surface area contributed by atoms with Crippen LogP contribution in [0.3, 0.4) is 0 Å². The maximum Gasteiger partial charge on any atom is 0.310 e. The van der Waals surface area contributed by atoms with Crippen LogP contribution < -0.4 is 5.32 Å². The first-order valence-electron chi connectivity index (χ1n) is 8.68. The number of sulfone groups is 1. The third-order valence-electron chi connectivity index (χ3n) is 4.44. The summed E-state index contributed by atoms with van der Waals surface area (Å²) in [6.07, 6.45) is 4.41. The van der Waals surface area contributed by atoms with Crippen molar-refractivity contribution in [2.45, 2.75) is 30.6 Å². The number of esters is 1. The molecule has 0 saturated heterocycles. The van der Waals surface area contributed by atoms with Gasteiger partial charge in [0, 0.05) is 6.26 Å². The number of nitrogens with one attached hydrogen (secondary N) is 1. The number of aryl methyl sites for hydroxylation is 2. The van der Waals surface area contributed by atoms with Crippen LogP contribution in [0, 0.1) is 0 Å². The fourth-order valence-electron chi connectivity index (χ4n) is 3.18. The second kappa shape index (κ2) is 7.92. The van der Waals surface area contributed by atoms with Gasteiger partial charge < -0.3 is 10.1 Å². The van der Waals surface area contributed by atoms with Gasteiger partial charge in [-0.05, 0) is 48.1 Å². The average molecular weight is 387 g/mol. The van der Waals surface area contributed by atoms with Crippen molar-refractivity contribution in [3.8, 4) is 0 Å². The molecule has 27 heavy (non-hydrogen) atoms. The van der Waals surface area contributed by atoms with Gasteiger partial charge in [0.25, 0.3) is 5.91 Å². The number of hydrogen-bond acceptors (Lipinski definition) is 5. The molecule has 2 aromatic carbocycles. The van der Waals surface area contributed by atoms with Crippen molar-refractivity contribution in [1.82, 2.24) is 0 Å². The van der Waals surface area contributed by atoms with E-state index in [0.29, 0.717) is 0 Å². The van der Waals surface area contributed by atoms with Crippen molar-refractivity contribution >= 4 is 27.4 Å². The molecule has 1 N–H and O–H groups in total. The van der Waals surface area contributed by atoms with Gasteiger partial charge in [-0.25, -0.2) is 8.42 Å². The van der Waals surface area contributed by atoms with Crippen molar-refractivity contribution in [2.75, 3.05) is 18.2 Å². The van der Waals surface area contributed by atoms with Crippen LogP contribution in [0.15, 0.2) is 47.4 Å². The Bertz CT molecular complexity index is 982. The molecule has 0 spiro atoms. The Kier molecular flexibility index (Phi) is 5.60. The lowest BCUT2D eigenvalue weighted by Crippen LogP contribution is -2.22. The van der Waals surface area contributed by atoms with Crippen molar-refractivity contribution in [1.29, 1.82) is 0 Å². The molecule has 0 bridgehead atoms. The summed E-state index contributed by atoms with van der Waals surface area (Å²) in [6, 6.07) is 12.1. The van der Waals surface area contributed by atoms with E-state index in [1.165, 1.54) is 23.3 Å². The minimum Gasteiger partial charge on any atom is -0.455 e. The smallest absolute Gasteiger partial charge is 0.310 e. The fraction of sp³-hybridized carbons (Fsp3) is 0.300. The number of anilines is 1. The van der Waals surface area contributed by atoms with Crippen LogP contribution in [0.2, 0.25) is 0 Å². The Morgan fingerprint density at radius 1 is 1.07 bits per heavy atom. The second-order valence-electron chi connectivity index (χ2n) is 6.61. The van der Waals surface area contributed by atoms with Crippen molar-refractivity contribution in [3.05, 3.63) is 59.2 Å². The molecule has 1 aliphatic rings. The summed E-state index contributed by atoms with van der Waals surface area (Å²) in [5, 5.41) is 2.47. The van der Waals surface area contributed by atoms with E-state index in [2.05, 4.69) is 5.32 Å². The molecule has 0 heterocycles. The first-order valence-corrected chi connectivity index (χ1v) is 10.6. The minimum atomic E-state index is -3.48. The SMILES string of the molecule is CS(=O)(=O)c1ccccc1NC(=O)COC(=O)Cc1ccc2c(c1)CCC2. The number of para-hydroxylation sites is 1. The van der Waals surface area contributed by atoms with Crippen LogP contribution in [0.1, 0.15) is 23.1 Å². The van der Waals surface area contributed by atoms with Crippen molar-refractivity contribution in [3.63, 3.8) is 0 Å². The molecule has 0 radical (unpaired) electrons. The number of carbonyl (C=O) groups excluding carboxylic acids is 2. The molecule has 1 amide bonds. The number of rotatable bonds is 6. The van der Waals surface area contributed by atoms with E-state index >= 15 is 0 Å². The average Bonchev–Trinajstić information content (AvgIpc) is 3.07. The third kappa shape index (κ3) is 4.95. The zero-order valence-electron chi connectivity index (χ0n) is 15.0. The maximum atomic E-state index is 12.0. The predicted molar refractivity (Wildman–Crippen MR) is 101 cm³/mol. The summed E-state index contributed by atoms with van der Waals surface area (Å²) in [6.45, 7) is -0.470.